The minimum atomic E-state index is 0.00660. The van der Waals surface area contributed by atoms with Crippen molar-refractivity contribution in [1.82, 2.24) is 20.3 Å². The number of hydrogen-bond acceptors (Lipinski definition) is 7. The number of rotatable bonds is 6. The molecule has 1 aliphatic heterocycles. The van der Waals surface area contributed by atoms with Gasteiger partial charge in [0.2, 0.25) is 0 Å². The van der Waals surface area contributed by atoms with Gasteiger partial charge in [-0.3, -0.25) is 14.8 Å². The molecule has 31 heavy (non-hydrogen) atoms. The second-order valence-electron chi connectivity index (χ2n) is 7.65. The molecule has 156 valence electrons. The van der Waals surface area contributed by atoms with Crippen LogP contribution in [0.5, 0.6) is 5.75 Å². The summed E-state index contributed by atoms with van der Waals surface area (Å²) in [6.07, 6.45) is 8.85. The molecule has 0 aliphatic carbocycles. The zero-order chi connectivity index (χ0) is 21.0. The van der Waals surface area contributed by atoms with Crippen LogP contribution in [0.25, 0.3) is 22.2 Å². The summed E-state index contributed by atoms with van der Waals surface area (Å²) in [5.41, 5.74) is 2.03. The fourth-order valence-corrected chi connectivity index (χ4v) is 3.77. The van der Waals surface area contributed by atoms with Crippen LogP contribution in [0.15, 0.2) is 65.8 Å². The van der Waals surface area contributed by atoms with Crippen LogP contribution in [0.2, 0.25) is 0 Å². The van der Waals surface area contributed by atoms with E-state index in [2.05, 4.69) is 20.3 Å². The average Bonchev–Trinajstić information content (AvgIpc) is 3.34. The average molecular weight is 414 g/mol. The third-order valence-electron chi connectivity index (χ3n) is 5.43. The van der Waals surface area contributed by atoms with Gasteiger partial charge < -0.3 is 14.5 Å². The van der Waals surface area contributed by atoms with Gasteiger partial charge in [0.25, 0.3) is 0 Å². The number of hydrogen-bond donors (Lipinski definition) is 1. The van der Waals surface area contributed by atoms with Gasteiger partial charge in [0.1, 0.15) is 17.5 Å². The summed E-state index contributed by atoms with van der Waals surface area (Å²) in [6, 6.07) is 11.3. The van der Waals surface area contributed by atoms with Gasteiger partial charge in [-0.2, -0.15) is 0 Å². The van der Waals surface area contributed by atoms with Crippen molar-refractivity contribution in [3.05, 3.63) is 72.6 Å². The van der Waals surface area contributed by atoms with Crippen LogP contribution in [0.1, 0.15) is 28.9 Å². The zero-order valence-electron chi connectivity index (χ0n) is 17.0. The molecule has 1 N–H and O–H groups in total. The van der Waals surface area contributed by atoms with E-state index in [0.29, 0.717) is 22.7 Å². The maximum Gasteiger partial charge on any atom is 0.181 e. The summed E-state index contributed by atoms with van der Waals surface area (Å²) in [5, 5.41) is 5.17. The molecule has 4 heterocycles. The number of fused-ring (bicyclic) bond motifs is 1. The molecule has 0 bridgehead atoms. The predicted octanol–water partition coefficient (Wildman–Crippen LogP) is 3.84. The zero-order valence-corrected chi connectivity index (χ0v) is 17.0. The van der Waals surface area contributed by atoms with Gasteiger partial charge in [0, 0.05) is 29.0 Å². The minimum Gasteiger partial charge on any atom is -0.490 e. The summed E-state index contributed by atoms with van der Waals surface area (Å²) in [6.45, 7) is 1.93. The molecule has 1 saturated heterocycles. The predicted molar refractivity (Wildman–Crippen MR) is 116 cm³/mol. The fourth-order valence-electron chi connectivity index (χ4n) is 3.77. The summed E-state index contributed by atoms with van der Waals surface area (Å²) in [4.78, 5) is 25.7. The molecule has 0 spiro atoms. The molecule has 0 amide bonds. The Morgan fingerprint density at radius 1 is 1.06 bits per heavy atom. The Labute approximate surface area is 179 Å². The molecular weight excluding hydrogens is 392 g/mol. The third kappa shape index (κ3) is 4.46. The lowest BCUT2D eigenvalue weighted by Crippen LogP contribution is -2.34. The monoisotopic (exact) mass is 414 g/mol. The molecule has 1 aliphatic rings. The van der Waals surface area contributed by atoms with E-state index < -0.39 is 0 Å². The molecule has 0 saturated carbocycles. The topological polar surface area (TPSA) is 90.1 Å². The molecule has 4 aromatic rings. The SMILES string of the molecule is O=C(Cc1cc2cc(-c3cnco3)ncc2cn1)c1cccc(OC2CCNCC2)c1. The third-order valence-corrected chi connectivity index (χ3v) is 5.43. The smallest absolute Gasteiger partial charge is 0.181 e. The molecule has 7 nitrogen and oxygen atoms in total. The Kier molecular flexibility index (Phi) is 5.41. The molecule has 5 rings (SSSR count). The number of aromatic nitrogens is 3. The Morgan fingerprint density at radius 3 is 2.77 bits per heavy atom. The molecular formula is C24H22N4O3. The number of carbonyl (C=O) groups excluding carboxylic acids is 1. The highest BCUT2D eigenvalue weighted by Gasteiger charge is 2.16. The van der Waals surface area contributed by atoms with Gasteiger partial charge in [0.15, 0.2) is 17.9 Å². The Morgan fingerprint density at radius 2 is 1.94 bits per heavy atom. The Bertz CT molecular complexity index is 1200. The van der Waals surface area contributed by atoms with Crippen LogP contribution in [-0.2, 0) is 6.42 Å². The number of carbonyl (C=O) groups is 1. The number of nitrogens with one attached hydrogen (secondary N) is 1. The molecule has 1 fully saturated rings. The maximum atomic E-state index is 12.9. The van der Waals surface area contributed by atoms with Crippen molar-refractivity contribution < 1.29 is 13.9 Å². The van der Waals surface area contributed by atoms with Crippen molar-refractivity contribution in [3.8, 4) is 17.2 Å². The Hall–Kier alpha value is -3.58. The van der Waals surface area contributed by atoms with E-state index in [1.54, 1.807) is 18.6 Å². The van der Waals surface area contributed by atoms with E-state index in [1.165, 1.54) is 6.39 Å². The van der Waals surface area contributed by atoms with Crippen LogP contribution in [0.3, 0.4) is 0 Å². The lowest BCUT2D eigenvalue weighted by Gasteiger charge is -2.24. The first-order chi connectivity index (χ1) is 15.2. The summed E-state index contributed by atoms with van der Waals surface area (Å²) >= 11 is 0. The molecule has 7 heteroatoms. The maximum absolute atomic E-state index is 12.9. The number of piperidine rings is 1. The highest BCUT2D eigenvalue weighted by atomic mass is 16.5. The standard InChI is InChI=1S/C24H22N4O3/c29-23(16-2-1-3-21(9-16)31-20-4-6-25-7-5-20)11-19-8-17-10-22(24-14-26-15-30-24)28-13-18(17)12-27-19/h1-3,8-10,12-15,20,25H,4-7,11H2. The second kappa shape index (κ2) is 8.65. The number of oxazole rings is 1. The van der Waals surface area contributed by atoms with Crippen molar-refractivity contribution in [3.63, 3.8) is 0 Å². The van der Waals surface area contributed by atoms with Gasteiger partial charge in [-0.05, 0) is 55.6 Å². The quantitative estimate of drug-likeness (QED) is 0.479. The summed E-state index contributed by atoms with van der Waals surface area (Å²) in [5.74, 6) is 1.35. The fraction of sp³-hybridized carbons (Fsp3) is 0.250. The number of nitrogens with zero attached hydrogens (tertiary/aromatic N) is 3. The van der Waals surface area contributed by atoms with Crippen molar-refractivity contribution in [2.24, 2.45) is 0 Å². The van der Waals surface area contributed by atoms with Crippen LogP contribution in [0.4, 0.5) is 0 Å². The number of ether oxygens (including phenoxy) is 1. The van der Waals surface area contributed by atoms with E-state index in [4.69, 9.17) is 9.15 Å². The largest absolute Gasteiger partial charge is 0.490 e. The molecule has 1 aromatic carbocycles. The highest BCUT2D eigenvalue weighted by molar-refractivity contribution is 5.98. The van der Waals surface area contributed by atoms with Gasteiger partial charge in [0.05, 0.1) is 12.6 Å². The first-order valence-corrected chi connectivity index (χ1v) is 10.4. The molecule has 3 aromatic heterocycles. The molecule has 0 radical (unpaired) electrons. The second-order valence-corrected chi connectivity index (χ2v) is 7.65. The van der Waals surface area contributed by atoms with E-state index >= 15 is 0 Å². The molecule has 0 unspecified atom stereocenters. The van der Waals surface area contributed by atoms with Gasteiger partial charge in [-0.25, -0.2) is 4.98 Å². The lowest BCUT2D eigenvalue weighted by atomic mass is 10.0. The summed E-state index contributed by atoms with van der Waals surface area (Å²) < 4.78 is 11.4. The first-order valence-electron chi connectivity index (χ1n) is 10.4. The van der Waals surface area contributed by atoms with E-state index in [0.717, 1.165) is 42.5 Å². The van der Waals surface area contributed by atoms with Crippen molar-refractivity contribution >= 4 is 16.6 Å². The van der Waals surface area contributed by atoms with Gasteiger partial charge >= 0.3 is 0 Å². The number of ketones is 1. The number of Topliss-reactive ketones (excluding diaryl/α,β-unsaturated/α-hetero) is 1. The van der Waals surface area contributed by atoms with E-state index in [-0.39, 0.29) is 18.3 Å². The normalized spacial score (nSPS) is 14.6. The van der Waals surface area contributed by atoms with Crippen LogP contribution in [-0.4, -0.2) is 39.9 Å². The summed E-state index contributed by atoms with van der Waals surface area (Å²) in [7, 11) is 0. The minimum absolute atomic E-state index is 0.00660. The number of benzene rings is 1. The molecule has 0 atom stereocenters. The van der Waals surface area contributed by atoms with Crippen LogP contribution < -0.4 is 10.1 Å². The van der Waals surface area contributed by atoms with Crippen LogP contribution >= 0.6 is 0 Å². The van der Waals surface area contributed by atoms with E-state index in [1.807, 2.05) is 36.4 Å². The van der Waals surface area contributed by atoms with Crippen molar-refractivity contribution in [2.45, 2.75) is 25.4 Å². The number of pyridine rings is 2. The van der Waals surface area contributed by atoms with Gasteiger partial charge in [-0.1, -0.05) is 12.1 Å². The highest BCUT2D eigenvalue weighted by Crippen LogP contribution is 2.23. The van der Waals surface area contributed by atoms with Crippen molar-refractivity contribution in [2.75, 3.05) is 13.1 Å². The van der Waals surface area contributed by atoms with E-state index in [9.17, 15) is 4.79 Å². The Balaban J connectivity index is 1.33. The lowest BCUT2D eigenvalue weighted by molar-refractivity contribution is 0.0990. The van der Waals surface area contributed by atoms with Crippen LogP contribution in [0, 0.1) is 0 Å². The van der Waals surface area contributed by atoms with Crippen molar-refractivity contribution in [1.29, 1.82) is 0 Å². The van der Waals surface area contributed by atoms with Gasteiger partial charge in [-0.15, -0.1) is 0 Å². The first kappa shape index (κ1) is 19.4.